The fourth-order valence-electron chi connectivity index (χ4n) is 3.08. The van der Waals surface area contributed by atoms with E-state index in [0.717, 1.165) is 5.69 Å². The topological polar surface area (TPSA) is 79.0 Å². The van der Waals surface area contributed by atoms with Gasteiger partial charge in [0.15, 0.2) is 6.61 Å². The third kappa shape index (κ3) is 3.55. The first-order valence-electron chi connectivity index (χ1n) is 8.90. The fourth-order valence-corrected chi connectivity index (χ4v) is 3.08. The Bertz CT molecular complexity index is 937. The van der Waals surface area contributed by atoms with Gasteiger partial charge in [-0.05, 0) is 44.2 Å². The predicted octanol–water partition coefficient (Wildman–Crippen LogP) is 2.67. The third-order valence-electron chi connectivity index (χ3n) is 4.68. The van der Waals surface area contributed by atoms with E-state index < -0.39 is 24.0 Å². The molecule has 0 unspecified atom stereocenters. The van der Waals surface area contributed by atoms with E-state index in [4.69, 9.17) is 4.74 Å². The van der Waals surface area contributed by atoms with Crippen molar-refractivity contribution in [3.05, 3.63) is 54.1 Å². The number of esters is 1. The first-order valence-corrected chi connectivity index (χ1v) is 8.90. The van der Waals surface area contributed by atoms with E-state index in [2.05, 4.69) is 5.32 Å². The average molecular weight is 381 g/mol. The van der Waals surface area contributed by atoms with Gasteiger partial charge in [0, 0.05) is 19.8 Å². The number of benzene rings is 2. The van der Waals surface area contributed by atoms with Gasteiger partial charge in [-0.25, -0.2) is 4.79 Å². The fraction of sp³-hybridized carbons (Fsp3) is 0.286. The molecule has 0 spiro atoms. The van der Waals surface area contributed by atoms with Crippen LogP contribution in [0.15, 0.2) is 48.5 Å². The van der Waals surface area contributed by atoms with Gasteiger partial charge in [-0.2, -0.15) is 0 Å². The number of nitrogens with zero attached hydrogens (tertiary/aromatic N) is 2. The van der Waals surface area contributed by atoms with Gasteiger partial charge in [0.25, 0.3) is 5.91 Å². The predicted molar refractivity (Wildman–Crippen MR) is 108 cm³/mol. The van der Waals surface area contributed by atoms with Gasteiger partial charge in [-0.15, -0.1) is 0 Å². The Hall–Kier alpha value is -3.35. The van der Waals surface area contributed by atoms with Crippen molar-refractivity contribution in [1.82, 2.24) is 0 Å². The van der Waals surface area contributed by atoms with Gasteiger partial charge in [-0.3, -0.25) is 14.5 Å². The van der Waals surface area contributed by atoms with E-state index in [9.17, 15) is 14.4 Å². The first kappa shape index (κ1) is 19.4. The molecule has 0 atom stereocenters. The van der Waals surface area contributed by atoms with Crippen molar-refractivity contribution in [3.63, 3.8) is 0 Å². The lowest BCUT2D eigenvalue weighted by molar-refractivity contribution is -0.128. The summed E-state index contributed by atoms with van der Waals surface area (Å²) < 4.78 is 5.24. The standard InChI is InChI=1S/C21H23N3O4/c1-21(2)20(27)22-16-10-5-6-11-17(16)24(21)18(25)13-28-19(26)14-8-7-9-15(12-14)23(3)4/h5-12H,13H2,1-4H3,(H,22,27). The number of anilines is 3. The van der Waals surface area contributed by atoms with Crippen LogP contribution in [0.4, 0.5) is 17.1 Å². The number of hydrogen-bond acceptors (Lipinski definition) is 5. The van der Waals surface area contributed by atoms with E-state index in [0.29, 0.717) is 16.9 Å². The lowest BCUT2D eigenvalue weighted by Crippen LogP contribution is -2.59. The van der Waals surface area contributed by atoms with E-state index in [1.54, 1.807) is 56.3 Å². The molecule has 0 fully saturated rings. The molecule has 7 heteroatoms. The molecule has 1 N–H and O–H groups in total. The first-order chi connectivity index (χ1) is 13.2. The highest BCUT2D eigenvalue weighted by molar-refractivity contribution is 6.14. The highest BCUT2D eigenvalue weighted by atomic mass is 16.5. The summed E-state index contributed by atoms with van der Waals surface area (Å²) in [4.78, 5) is 41.0. The molecule has 3 rings (SSSR count). The van der Waals surface area contributed by atoms with Gasteiger partial charge in [0.05, 0.1) is 16.9 Å². The molecule has 0 saturated carbocycles. The minimum absolute atomic E-state index is 0.301. The van der Waals surface area contributed by atoms with Crippen molar-refractivity contribution >= 4 is 34.8 Å². The Morgan fingerprint density at radius 2 is 1.82 bits per heavy atom. The van der Waals surface area contributed by atoms with Crippen molar-refractivity contribution in [3.8, 4) is 0 Å². The molecule has 1 heterocycles. The number of ether oxygens (including phenoxy) is 1. The quantitative estimate of drug-likeness (QED) is 0.824. The summed E-state index contributed by atoms with van der Waals surface area (Å²) in [6, 6.07) is 14.0. The molecule has 2 aromatic carbocycles. The average Bonchev–Trinajstić information content (AvgIpc) is 2.66. The Balaban J connectivity index is 1.78. The second-order valence-electron chi connectivity index (χ2n) is 7.28. The summed E-state index contributed by atoms with van der Waals surface area (Å²) in [5.74, 6) is -1.36. The van der Waals surface area contributed by atoms with E-state index >= 15 is 0 Å². The summed E-state index contributed by atoms with van der Waals surface area (Å²) in [5.41, 5.74) is 1.22. The monoisotopic (exact) mass is 381 g/mol. The SMILES string of the molecule is CN(C)c1cccc(C(=O)OCC(=O)N2c3ccccc3NC(=O)C2(C)C)c1. The molecule has 146 valence electrons. The zero-order chi connectivity index (χ0) is 20.5. The highest BCUT2D eigenvalue weighted by Gasteiger charge is 2.43. The lowest BCUT2D eigenvalue weighted by atomic mass is 9.96. The minimum atomic E-state index is -1.11. The normalized spacial score (nSPS) is 14.7. The highest BCUT2D eigenvalue weighted by Crippen LogP contribution is 2.36. The van der Waals surface area contributed by atoms with Crippen LogP contribution in [0, 0.1) is 0 Å². The number of amides is 2. The maximum absolute atomic E-state index is 12.9. The van der Waals surface area contributed by atoms with Gasteiger partial charge < -0.3 is 15.0 Å². The van der Waals surface area contributed by atoms with Crippen molar-refractivity contribution in [2.45, 2.75) is 19.4 Å². The Kier molecular flexibility index (Phi) is 5.09. The zero-order valence-corrected chi connectivity index (χ0v) is 16.4. The molecule has 0 radical (unpaired) electrons. The van der Waals surface area contributed by atoms with E-state index in [-0.39, 0.29) is 5.91 Å². The van der Waals surface area contributed by atoms with Crippen LogP contribution >= 0.6 is 0 Å². The molecule has 1 aliphatic rings. The number of nitrogens with one attached hydrogen (secondary N) is 1. The Morgan fingerprint density at radius 1 is 1.11 bits per heavy atom. The summed E-state index contributed by atoms with van der Waals surface area (Å²) in [6.07, 6.45) is 0. The maximum atomic E-state index is 12.9. The van der Waals surface area contributed by atoms with E-state index in [1.165, 1.54) is 4.90 Å². The van der Waals surface area contributed by atoms with Crippen molar-refractivity contribution in [1.29, 1.82) is 0 Å². The summed E-state index contributed by atoms with van der Waals surface area (Å²) in [6.45, 7) is 2.84. The minimum Gasteiger partial charge on any atom is -0.452 e. The van der Waals surface area contributed by atoms with Crippen LogP contribution in [0.1, 0.15) is 24.2 Å². The molecule has 0 saturated heterocycles. The van der Waals surface area contributed by atoms with Gasteiger partial charge in [0.1, 0.15) is 5.54 Å². The molecule has 28 heavy (non-hydrogen) atoms. The van der Waals surface area contributed by atoms with Crippen molar-refractivity contribution in [2.24, 2.45) is 0 Å². The number of fused-ring (bicyclic) bond motifs is 1. The molecule has 0 aromatic heterocycles. The number of carbonyl (C=O) groups excluding carboxylic acids is 3. The third-order valence-corrected chi connectivity index (χ3v) is 4.68. The number of hydrogen-bond donors (Lipinski definition) is 1. The van der Waals surface area contributed by atoms with Crippen LogP contribution in [-0.4, -0.2) is 44.0 Å². The van der Waals surface area contributed by atoms with Crippen LogP contribution in [0.5, 0.6) is 0 Å². The van der Waals surface area contributed by atoms with E-state index in [1.807, 2.05) is 25.1 Å². The van der Waals surface area contributed by atoms with Crippen molar-refractivity contribution < 1.29 is 19.1 Å². The van der Waals surface area contributed by atoms with Crippen molar-refractivity contribution in [2.75, 3.05) is 35.8 Å². The molecule has 2 amide bonds. The van der Waals surface area contributed by atoms with Gasteiger partial charge in [-0.1, -0.05) is 18.2 Å². The second kappa shape index (κ2) is 7.34. The summed E-state index contributed by atoms with van der Waals surface area (Å²) in [5, 5.41) is 2.80. The zero-order valence-electron chi connectivity index (χ0n) is 16.4. The van der Waals surface area contributed by atoms with Crippen LogP contribution in [-0.2, 0) is 14.3 Å². The summed E-state index contributed by atoms with van der Waals surface area (Å²) in [7, 11) is 3.74. The maximum Gasteiger partial charge on any atom is 0.338 e. The Labute approximate surface area is 163 Å². The molecular weight excluding hydrogens is 358 g/mol. The number of carbonyl (C=O) groups is 3. The smallest absolute Gasteiger partial charge is 0.338 e. The molecule has 0 aliphatic carbocycles. The molecular formula is C21H23N3O4. The lowest BCUT2D eigenvalue weighted by Gasteiger charge is -2.41. The number of rotatable bonds is 4. The molecule has 1 aliphatic heterocycles. The van der Waals surface area contributed by atoms with Crippen LogP contribution in [0.25, 0.3) is 0 Å². The van der Waals surface area contributed by atoms with Crippen LogP contribution < -0.4 is 15.1 Å². The van der Waals surface area contributed by atoms with Crippen LogP contribution in [0.3, 0.4) is 0 Å². The molecule has 2 aromatic rings. The Morgan fingerprint density at radius 3 is 2.54 bits per heavy atom. The molecule has 0 bridgehead atoms. The largest absolute Gasteiger partial charge is 0.452 e. The number of para-hydroxylation sites is 2. The van der Waals surface area contributed by atoms with Gasteiger partial charge >= 0.3 is 5.97 Å². The van der Waals surface area contributed by atoms with Gasteiger partial charge in [0.2, 0.25) is 5.91 Å². The van der Waals surface area contributed by atoms with Crippen LogP contribution in [0.2, 0.25) is 0 Å². The molecule has 7 nitrogen and oxygen atoms in total. The summed E-state index contributed by atoms with van der Waals surface area (Å²) >= 11 is 0. The second-order valence-corrected chi connectivity index (χ2v) is 7.28.